The molecule has 45 heavy (non-hydrogen) atoms. The Balaban J connectivity index is 1.69. The van der Waals surface area contributed by atoms with Gasteiger partial charge in [-0.25, -0.2) is 4.79 Å². The Labute approximate surface area is 275 Å². The lowest BCUT2D eigenvalue weighted by molar-refractivity contribution is -0.119. The summed E-state index contributed by atoms with van der Waals surface area (Å²) in [7, 11) is 0. The van der Waals surface area contributed by atoms with E-state index in [1.165, 1.54) is 0 Å². The average Bonchev–Trinajstić information content (AvgIpc) is 3.31. The van der Waals surface area contributed by atoms with E-state index in [1.807, 2.05) is 76.2 Å². The van der Waals surface area contributed by atoms with Crippen LogP contribution in [0, 0.1) is 0 Å². The van der Waals surface area contributed by atoms with E-state index in [4.69, 9.17) is 38.7 Å². The Bertz CT molecular complexity index is 1580. The zero-order valence-electron chi connectivity index (χ0n) is 26.5. The zero-order chi connectivity index (χ0) is 32.5. The molecule has 0 radical (unpaired) electrons. The first-order chi connectivity index (χ1) is 21.3. The van der Waals surface area contributed by atoms with Crippen LogP contribution in [0.2, 0.25) is 10.0 Å². The second-order valence-corrected chi connectivity index (χ2v) is 13.7. The number of urea groups is 1. The van der Waals surface area contributed by atoms with Crippen LogP contribution in [-0.4, -0.2) is 71.8 Å². The number of amidine groups is 1. The molecule has 10 heteroatoms. The Hall–Kier alpha value is -3.59. The number of halogens is 2. The quantitative estimate of drug-likeness (QED) is 0.311. The van der Waals surface area contributed by atoms with Gasteiger partial charge < -0.3 is 15.4 Å². The van der Waals surface area contributed by atoms with Crippen LogP contribution in [0.15, 0.2) is 71.7 Å². The summed E-state index contributed by atoms with van der Waals surface area (Å²) in [5.41, 5.74) is 8.11. The van der Waals surface area contributed by atoms with E-state index in [0.29, 0.717) is 54.4 Å². The van der Waals surface area contributed by atoms with Crippen molar-refractivity contribution in [3.8, 4) is 5.75 Å². The van der Waals surface area contributed by atoms with Crippen LogP contribution in [0.25, 0.3) is 0 Å². The number of hydrogen-bond acceptors (Lipinski definition) is 5. The highest BCUT2D eigenvalue weighted by Crippen LogP contribution is 2.50. The lowest BCUT2D eigenvalue weighted by Crippen LogP contribution is -2.55. The molecule has 2 atom stereocenters. The molecule has 3 amide bonds. The maximum atomic E-state index is 14.8. The Morgan fingerprint density at radius 1 is 0.956 bits per heavy atom. The highest BCUT2D eigenvalue weighted by atomic mass is 35.5. The molecule has 0 bridgehead atoms. The summed E-state index contributed by atoms with van der Waals surface area (Å²) in [5.74, 6) is 0.816. The maximum absolute atomic E-state index is 14.8. The van der Waals surface area contributed by atoms with Crippen LogP contribution >= 0.6 is 23.2 Å². The Kier molecular flexibility index (Phi) is 9.49. The number of carbonyl (C=O) groups is 2. The van der Waals surface area contributed by atoms with Crippen molar-refractivity contribution in [2.24, 2.45) is 10.7 Å². The van der Waals surface area contributed by atoms with Gasteiger partial charge in [0, 0.05) is 36.2 Å². The summed E-state index contributed by atoms with van der Waals surface area (Å²) in [6.45, 7) is 13.1. The van der Waals surface area contributed by atoms with Crippen LogP contribution in [-0.2, 0) is 15.7 Å². The highest BCUT2D eigenvalue weighted by molar-refractivity contribution is 6.30. The van der Waals surface area contributed by atoms with Crippen LogP contribution in [0.5, 0.6) is 5.75 Å². The van der Waals surface area contributed by atoms with E-state index in [0.717, 1.165) is 22.3 Å². The largest absolute Gasteiger partial charge is 0.493 e. The van der Waals surface area contributed by atoms with Gasteiger partial charge in [-0.3, -0.25) is 19.6 Å². The van der Waals surface area contributed by atoms with Gasteiger partial charge in [0.25, 0.3) is 0 Å². The SMILES string of the molecule is CCOc1cc(C(C)(C)C)ccc1C1=N[C@@](C)(c2ccc(Cl)cc2)[C@H](c2ccc(Cl)cc2)N1C(=O)N1CCN(CC(N)=O)CC1. The summed E-state index contributed by atoms with van der Waals surface area (Å²) >= 11 is 12.7. The minimum absolute atomic E-state index is 0.106. The van der Waals surface area contributed by atoms with Crippen LogP contribution in [0.4, 0.5) is 4.79 Å². The van der Waals surface area contributed by atoms with Crippen molar-refractivity contribution in [3.63, 3.8) is 0 Å². The summed E-state index contributed by atoms with van der Waals surface area (Å²) in [4.78, 5) is 37.4. The smallest absolute Gasteiger partial charge is 0.326 e. The molecule has 238 valence electrons. The number of rotatable bonds is 7. The second-order valence-electron chi connectivity index (χ2n) is 12.8. The molecule has 2 N–H and O–H groups in total. The van der Waals surface area contributed by atoms with E-state index < -0.39 is 11.6 Å². The fraction of sp³-hybridized carbons (Fsp3) is 0.400. The Morgan fingerprint density at radius 2 is 1.56 bits per heavy atom. The third kappa shape index (κ3) is 6.83. The van der Waals surface area contributed by atoms with Gasteiger partial charge in [0.15, 0.2) is 0 Å². The number of primary amides is 1. The van der Waals surface area contributed by atoms with E-state index in [-0.39, 0.29) is 23.9 Å². The molecule has 0 saturated carbocycles. The summed E-state index contributed by atoms with van der Waals surface area (Å²) < 4.78 is 6.24. The lowest BCUT2D eigenvalue weighted by atomic mass is 9.81. The van der Waals surface area contributed by atoms with Crippen molar-refractivity contribution < 1.29 is 14.3 Å². The fourth-order valence-electron chi connectivity index (χ4n) is 6.15. The van der Waals surface area contributed by atoms with Gasteiger partial charge in [0.1, 0.15) is 17.1 Å². The third-order valence-electron chi connectivity index (χ3n) is 8.59. The van der Waals surface area contributed by atoms with Crippen molar-refractivity contribution >= 4 is 41.0 Å². The van der Waals surface area contributed by atoms with Gasteiger partial charge in [-0.1, -0.05) is 74.3 Å². The first-order valence-corrected chi connectivity index (χ1v) is 16.0. The summed E-state index contributed by atoms with van der Waals surface area (Å²) in [6, 6.07) is 20.7. The number of ether oxygens (including phenoxy) is 1. The molecular weight excluding hydrogens is 609 g/mol. The summed E-state index contributed by atoms with van der Waals surface area (Å²) in [6.07, 6.45) is 0. The van der Waals surface area contributed by atoms with Gasteiger partial charge in [0.05, 0.1) is 24.8 Å². The molecule has 1 saturated heterocycles. The number of piperazine rings is 1. The van der Waals surface area contributed by atoms with Gasteiger partial charge >= 0.3 is 6.03 Å². The number of nitrogens with zero attached hydrogens (tertiary/aromatic N) is 4. The molecular formula is C35H41Cl2N5O3. The number of carbonyl (C=O) groups excluding carboxylic acids is 2. The zero-order valence-corrected chi connectivity index (χ0v) is 28.0. The van der Waals surface area contributed by atoms with Gasteiger partial charge in [-0.2, -0.15) is 0 Å². The van der Waals surface area contributed by atoms with Crippen molar-refractivity contribution in [1.29, 1.82) is 0 Å². The number of nitrogens with two attached hydrogens (primary N) is 1. The molecule has 2 heterocycles. The van der Waals surface area contributed by atoms with Gasteiger partial charge in [-0.05, 0) is 72.4 Å². The summed E-state index contributed by atoms with van der Waals surface area (Å²) in [5, 5.41) is 1.22. The molecule has 0 spiro atoms. The molecule has 0 aromatic heterocycles. The van der Waals surface area contributed by atoms with E-state index in [2.05, 4.69) is 39.8 Å². The molecule has 3 aromatic rings. The van der Waals surface area contributed by atoms with Crippen LogP contribution < -0.4 is 10.5 Å². The monoisotopic (exact) mass is 649 g/mol. The number of hydrogen-bond donors (Lipinski definition) is 1. The number of benzene rings is 3. The van der Waals surface area contributed by atoms with Crippen molar-refractivity contribution in [2.45, 2.75) is 51.6 Å². The molecule has 1 fully saturated rings. The fourth-order valence-corrected chi connectivity index (χ4v) is 6.40. The molecule has 0 aliphatic carbocycles. The normalized spacial score (nSPS) is 20.7. The van der Waals surface area contributed by atoms with Gasteiger partial charge in [0.2, 0.25) is 5.91 Å². The molecule has 3 aromatic carbocycles. The van der Waals surface area contributed by atoms with Crippen molar-refractivity contribution in [1.82, 2.24) is 14.7 Å². The van der Waals surface area contributed by atoms with E-state index >= 15 is 0 Å². The average molecular weight is 651 g/mol. The lowest BCUT2D eigenvalue weighted by Gasteiger charge is -2.40. The number of amides is 3. The predicted octanol–water partition coefficient (Wildman–Crippen LogP) is 6.63. The van der Waals surface area contributed by atoms with Crippen molar-refractivity contribution in [2.75, 3.05) is 39.3 Å². The highest BCUT2D eigenvalue weighted by Gasteiger charge is 2.51. The molecule has 2 aliphatic heterocycles. The molecule has 0 unspecified atom stereocenters. The first-order valence-electron chi connectivity index (χ1n) is 15.3. The minimum atomic E-state index is -0.886. The maximum Gasteiger partial charge on any atom is 0.326 e. The van der Waals surface area contributed by atoms with Crippen molar-refractivity contribution in [3.05, 3.63) is 99.0 Å². The molecule has 8 nitrogen and oxygen atoms in total. The topological polar surface area (TPSA) is 91.5 Å². The number of aliphatic imine (C=N–C) groups is 1. The van der Waals surface area contributed by atoms with Gasteiger partial charge in [-0.15, -0.1) is 0 Å². The molecule has 2 aliphatic rings. The standard InChI is InChI=1S/C35H41Cl2N5O3/c1-6-45-29-21-25(34(2,3)4)11-16-28(29)32-39-35(5,24-9-14-27(37)15-10-24)31(23-7-12-26(36)13-8-23)42(32)33(44)41-19-17-40(18-20-41)22-30(38)43/h7-16,21,31H,6,17-20,22H2,1-5H3,(H2,38,43)/t31-,35-/m0/s1. The van der Waals surface area contributed by atoms with Crippen LogP contribution in [0.1, 0.15) is 62.9 Å². The van der Waals surface area contributed by atoms with E-state index in [1.54, 1.807) is 0 Å². The second kappa shape index (κ2) is 13.0. The third-order valence-corrected chi connectivity index (χ3v) is 9.09. The Morgan fingerprint density at radius 3 is 2.11 bits per heavy atom. The molecule has 5 rings (SSSR count). The minimum Gasteiger partial charge on any atom is -0.493 e. The van der Waals surface area contributed by atoms with E-state index in [9.17, 15) is 9.59 Å². The first kappa shape index (κ1) is 32.8. The predicted molar refractivity (Wildman–Crippen MR) is 180 cm³/mol. The van der Waals surface area contributed by atoms with Crippen LogP contribution in [0.3, 0.4) is 0 Å².